The smallest absolute Gasteiger partial charge is 0.194 e. The minimum atomic E-state index is 0. The molecule has 166 valence electrons. The molecule has 1 aromatic heterocycles. The van der Waals surface area contributed by atoms with Gasteiger partial charge < -0.3 is 19.9 Å². The van der Waals surface area contributed by atoms with Crippen molar-refractivity contribution in [3.05, 3.63) is 41.2 Å². The van der Waals surface area contributed by atoms with Gasteiger partial charge in [0.2, 0.25) is 0 Å². The van der Waals surface area contributed by atoms with E-state index in [1.165, 1.54) is 17.0 Å². The number of rotatable bonds is 6. The lowest BCUT2D eigenvalue weighted by Gasteiger charge is -2.38. The molecule has 0 bridgehead atoms. The third kappa shape index (κ3) is 5.19. The Hall–Kier alpha value is -1.97. The number of piperazine rings is 1. The molecule has 1 saturated heterocycles. The van der Waals surface area contributed by atoms with E-state index < -0.39 is 0 Å². The maximum Gasteiger partial charge on any atom is 0.194 e. The van der Waals surface area contributed by atoms with Crippen molar-refractivity contribution in [2.45, 2.75) is 33.2 Å². The van der Waals surface area contributed by atoms with Crippen molar-refractivity contribution in [3.63, 3.8) is 0 Å². The second-order valence-electron chi connectivity index (χ2n) is 7.25. The van der Waals surface area contributed by atoms with Gasteiger partial charge in [-0.1, -0.05) is 26.0 Å². The molecule has 1 aromatic carbocycles. The summed E-state index contributed by atoms with van der Waals surface area (Å²) in [5.74, 6) is 1.89. The molecule has 7 nitrogen and oxygen atoms in total. The van der Waals surface area contributed by atoms with Crippen LogP contribution in [-0.2, 0) is 26.4 Å². The van der Waals surface area contributed by atoms with Crippen LogP contribution in [0.4, 0.5) is 5.69 Å². The summed E-state index contributed by atoms with van der Waals surface area (Å²) in [6.45, 7) is 8.84. The number of aromatic nitrogens is 2. The maximum absolute atomic E-state index is 5.53. The second kappa shape index (κ2) is 11.4. The lowest BCUT2D eigenvalue weighted by molar-refractivity contribution is 0.367. The van der Waals surface area contributed by atoms with Gasteiger partial charge in [0.05, 0.1) is 18.5 Å². The Labute approximate surface area is 197 Å². The molecule has 8 heteroatoms. The van der Waals surface area contributed by atoms with Crippen LogP contribution >= 0.6 is 24.0 Å². The summed E-state index contributed by atoms with van der Waals surface area (Å²) < 4.78 is 7.55. The minimum absolute atomic E-state index is 0. The van der Waals surface area contributed by atoms with Crippen LogP contribution in [-0.4, -0.2) is 61.0 Å². The molecule has 0 radical (unpaired) electrons. The molecule has 30 heavy (non-hydrogen) atoms. The lowest BCUT2D eigenvalue weighted by Crippen LogP contribution is -2.52. The SMILES string of the molecule is CCc1nn(C)c(CC)c1CNC(=NC)N1CCN(c2ccccc2OC)CC1.I. The first-order valence-corrected chi connectivity index (χ1v) is 10.5. The normalized spacial score (nSPS) is 14.5. The number of anilines is 1. The molecule has 0 amide bonds. The highest BCUT2D eigenvalue weighted by Gasteiger charge is 2.22. The van der Waals surface area contributed by atoms with Crippen molar-refractivity contribution in [1.29, 1.82) is 0 Å². The predicted octanol–water partition coefficient (Wildman–Crippen LogP) is 3.07. The third-order valence-corrected chi connectivity index (χ3v) is 5.67. The van der Waals surface area contributed by atoms with Crippen molar-refractivity contribution < 1.29 is 4.74 Å². The number of aliphatic imine (C=N–C) groups is 1. The molecule has 0 spiro atoms. The average molecular weight is 526 g/mol. The predicted molar refractivity (Wildman–Crippen MR) is 134 cm³/mol. The number of para-hydroxylation sites is 2. The Morgan fingerprint density at radius 1 is 1.13 bits per heavy atom. The first kappa shape index (κ1) is 24.3. The van der Waals surface area contributed by atoms with Crippen LogP contribution in [0.25, 0.3) is 0 Å². The van der Waals surface area contributed by atoms with Crippen LogP contribution in [0.5, 0.6) is 5.75 Å². The Kier molecular flexibility index (Phi) is 9.26. The second-order valence-corrected chi connectivity index (χ2v) is 7.25. The molecule has 3 rings (SSSR count). The number of benzene rings is 1. The molecule has 0 atom stereocenters. The van der Waals surface area contributed by atoms with Crippen molar-refractivity contribution in [2.24, 2.45) is 12.0 Å². The van der Waals surface area contributed by atoms with Gasteiger partial charge in [-0.05, 0) is 25.0 Å². The van der Waals surface area contributed by atoms with Crippen LogP contribution in [0.3, 0.4) is 0 Å². The summed E-state index contributed by atoms with van der Waals surface area (Å²) in [4.78, 5) is 9.25. The quantitative estimate of drug-likeness (QED) is 0.356. The number of ether oxygens (including phenoxy) is 1. The molecular formula is C22H35IN6O. The van der Waals surface area contributed by atoms with Crippen molar-refractivity contribution in [2.75, 3.05) is 45.2 Å². The summed E-state index contributed by atoms with van der Waals surface area (Å²) in [7, 11) is 5.63. The highest BCUT2D eigenvalue weighted by molar-refractivity contribution is 14.0. The van der Waals surface area contributed by atoms with E-state index in [0.717, 1.165) is 63.0 Å². The van der Waals surface area contributed by atoms with Gasteiger partial charge in [0.25, 0.3) is 0 Å². The van der Waals surface area contributed by atoms with Crippen molar-refractivity contribution >= 4 is 35.6 Å². The van der Waals surface area contributed by atoms with Crippen LogP contribution in [0.1, 0.15) is 30.8 Å². The van der Waals surface area contributed by atoms with Crippen LogP contribution in [0.2, 0.25) is 0 Å². The van der Waals surface area contributed by atoms with Crippen molar-refractivity contribution in [3.8, 4) is 5.75 Å². The van der Waals surface area contributed by atoms with Gasteiger partial charge in [0.15, 0.2) is 5.96 Å². The molecule has 2 aromatic rings. The van der Waals surface area contributed by atoms with Crippen LogP contribution < -0.4 is 15.0 Å². The summed E-state index contributed by atoms with van der Waals surface area (Å²) in [5, 5.41) is 8.26. The zero-order valence-corrected chi connectivity index (χ0v) is 21.1. The molecule has 0 saturated carbocycles. The largest absolute Gasteiger partial charge is 0.495 e. The van der Waals surface area contributed by atoms with Gasteiger partial charge in [-0.3, -0.25) is 9.67 Å². The van der Waals surface area contributed by atoms with Gasteiger partial charge in [0.1, 0.15) is 5.75 Å². The highest BCUT2D eigenvalue weighted by atomic mass is 127. The Balaban J connectivity index is 0.00000320. The lowest BCUT2D eigenvalue weighted by atomic mass is 10.1. The molecule has 1 N–H and O–H groups in total. The first-order chi connectivity index (χ1) is 14.1. The monoisotopic (exact) mass is 526 g/mol. The number of hydrogen-bond acceptors (Lipinski definition) is 4. The summed E-state index contributed by atoms with van der Waals surface area (Å²) in [6.07, 6.45) is 1.93. The van der Waals surface area contributed by atoms with Crippen LogP contribution in [0.15, 0.2) is 29.3 Å². The summed E-state index contributed by atoms with van der Waals surface area (Å²) in [5.41, 5.74) is 4.94. The fraction of sp³-hybridized carbons (Fsp3) is 0.545. The van der Waals surface area contributed by atoms with Gasteiger partial charge in [-0.2, -0.15) is 5.10 Å². The zero-order valence-electron chi connectivity index (χ0n) is 18.8. The minimum Gasteiger partial charge on any atom is -0.495 e. The maximum atomic E-state index is 5.53. The molecule has 0 unspecified atom stereocenters. The van der Waals surface area contributed by atoms with Gasteiger partial charge in [-0.15, -0.1) is 24.0 Å². The van der Waals surface area contributed by atoms with Crippen LogP contribution in [0, 0.1) is 0 Å². The van der Waals surface area contributed by atoms with E-state index >= 15 is 0 Å². The average Bonchev–Trinajstić information content (AvgIpc) is 3.09. The number of aryl methyl sites for hydroxylation is 2. The topological polar surface area (TPSA) is 57.9 Å². The van der Waals surface area contributed by atoms with E-state index in [-0.39, 0.29) is 24.0 Å². The van der Waals surface area contributed by atoms with E-state index in [2.05, 4.69) is 51.2 Å². The van der Waals surface area contributed by atoms with Gasteiger partial charge >= 0.3 is 0 Å². The molecule has 1 aliphatic rings. The van der Waals surface area contributed by atoms with E-state index in [4.69, 9.17) is 4.74 Å². The Morgan fingerprint density at radius 3 is 2.43 bits per heavy atom. The van der Waals surface area contributed by atoms with E-state index in [1.54, 1.807) is 7.11 Å². The van der Waals surface area contributed by atoms with Gasteiger partial charge in [0, 0.05) is 58.1 Å². The van der Waals surface area contributed by atoms with E-state index in [0.29, 0.717) is 0 Å². The molecule has 1 aliphatic heterocycles. The van der Waals surface area contributed by atoms with E-state index in [1.807, 2.05) is 30.9 Å². The zero-order chi connectivity index (χ0) is 20.8. The Bertz CT molecular complexity index is 842. The standard InChI is InChI=1S/C22H34N6O.HI/c1-6-18-17(19(7-2)26(4)25-18)16-24-22(23-3)28-14-12-27(13-15-28)20-10-8-9-11-21(20)29-5;/h8-11H,6-7,12-16H2,1-5H3,(H,23,24);1H. The first-order valence-electron chi connectivity index (χ1n) is 10.5. The molecule has 1 fully saturated rings. The number of hydrogen-bond donors (Lipinski definition) is 1. The summed E-state index contributed by atoms with van der Waals surface area (Å²) in [6, 6.07) is 8.22. The van der Waals surface area contributed by atoms with Gasteiger partial charge in [-0.25, -0.2) is 0 Å². The fourth-order valence-electron chi connectivity index (χ4n) is 4.14. The number of methoxy groups -OCH3 is 1. The Morgan fingerprint density at radius 2 is 1.83 bits per heavy atom. The van der Waals surface area contributed by atoms with E-state index in [9.17, 15) is 0 Å². The fourth-order valence-corrected chi connectivity index (χ4v) is 4.14. The molecule has 2 heterocycles. The molecule has 0 aliphatic carbocycles. The third-order valence-electron chi connectivity index (χ3n) is 5.67. The number of guanidine groups is 1. The summed E-state index contributed by atoms with van der Waals surface area (Å²) >= 11 is 0. The number of nitrogens with zero attached hydrogens (tertiary/aromatic N) is 5. The highest BCUT2D eigenvalue weighted by Crippen LogP contribution is 2.28. The van der Waals surface area contributed by atoms with Crippen molar-refractivity contribution in [1.82, 2.24) is 20.0 Å². The molecular weight excluding hydrogens is 491 g/mol. The number of nitrogens with one attached hydrogen (secondary N) is 1. The number of halogens is 1.